The van der Waals surface area contributed by atoms with Crippen molar-refractivity contribution >= 4 is 10.0 Å². The van der Waals surface area contributed by atoms with E-state index in [4.69, 9.17) is 6.42 Å². The monoisotopic (exact) mass is 232 g/mol. The third-order valence-corrected chi connectivity index (χ3v) is 3.93. The topological polar surface area (TPSA) is 49.4 Å². The van der Waals surface area contributed by atoms with Gasteiger partial charge in [-0.05, 0) is 25.9 Å². The van der Waals surface area contributed by atoms with Gasteiger partial charge in [0.15, 0.2) is 0 Å². The van der Waals surface area contributed by atoms with E-state index in [1.807, 2.05) is 6.92 Å². The maximum atomic E-state index is 11.6. The van der Waals surface area contributed by atoms with Crippen molar-refractivity contribution in [2.45, 2.75) is 19.8 Å². The fourth-order valence-electron chi connectivity index (χ4n) is 1.09. The van der Waals surface area contributed by atoms with E-state index >= 15 is 0 Å². The van der Waals surface area contributed by atoms with Gasteiger partial charge in [-0.3, -0.25) is 0 Å². The van der Waals surface area contributed by atoms with Crippen LogP contribution in [0.2, 0.25) is 0 Å². The first-order valence-electron chi connectivity index (χ1n) is 5.12. The van der Waals surface area contributed by atoms with E-state index in [0.717, 1.165) is 19.5 Å². The van der Waals surface area contributed by atoms with Crippen molar-refractivity contribution < 1.29 is 8.42 Å². The Kier molecular flexibility index (Phi) is 7.39. The molecule has 0 amide bonds. The fourth-order valence-corrected chi connectivity index (χ4v) is 2.25. The molecule has 0 aliphatic rings. The summed E-state index contributed by atoms with van der Waals surface area (Å²) < 4.78 is 24.3. The van der Waals surface area contributed by atoms with Gasteiger partial charge in [0.25, 0.3) is 0 Å². The second-order valence-corrected chi connectivity index (χ2v) is 5.53. The predicted octanol–water partition coefficient (Wildman–Crippen LogP) is 0.271. The van der Waals surface area contributed by atoms with E-state index in [9.17, 15) is 8.42 Å². The van der Waals surface area contributed by atoms with Crippen LogP contribution in [0.3, 0.4) is 0 Å². The molecule has 0 aliphatic heterocycles. The molecule has 0 aliphatic carbocycles. The molecule has 0 atom stereocenters. The van der Waals surface area contributed by atoms with Crippen molar-refractivity contribution in [3.05, 3.63) is 0 Å². The van der Waals surface area contributed by atoms with Gasteiger partial charge in [-0.15, -0.1) is 6.42 Å². The Morgan fingerprint density at radius 3 is 2.60 bits per heavy atom. The molecule has 0 bridgehead atoms. The average Bonchev–Trinajstić information content (AvgIpc) is 2.18. The van der Waals surface area contributed by atoms with Gasteiger partial charge in [0.05, 0.1) is 12.3 Å². The molecular weight excluding hydrogens is 212 g/mol. The van der Waals surface area contributed by atoms with Crippen molar-refractivity contribution in [3.8, 4) is 12.3 Å². The molecule has 4 nitrogen and oxygen atoms in total. The Hall–Kier alpha value is -0.570. The first-order valence-corrected chi connectivity index (χ1v) is 6.73. The highest BCUT2D eigenvalue weighted by Gasteiger charge is 2.15. The van der Waals surface area contributed by atoms with E-state index in [2.05, 4.69) is 11.2 Å². The lowest BCUT2D eigenvalue weighted by Gasteiger charge is -2.13. The summed E-state index contributed by atoms with van der Waals surface area (Å²) in [5.41, 5.74) is 0. The molecule has 88 valence electrons. The molecule has 0 radical (unpaired) electrons. The van der Waals surface area contributed by atoms with E-state index < -0.39 is 10.0 Å². The van der Waals surface area contributed by atoms with Gasteiger partial charge in [0, 0.05) is 7.05 Å². The molecular formula is C10H20N2O2S. The van der Waals surface area contributed by atoms with Crippen LogP contribution in [-0.2, 0) is 10.0 Å². The van der Waals surface area contributed by atoms with Gasteiger partial charge in [-0.1, -0.05) is 12.8 Å². The molecule has 0 aromatic rings. The molecule has 0 fully saturated rings. The molecule has 5 heteroatoms. The van der Waals surface area contributed by atoms with Crippen molar-refractivity contribution in [3.63, 3.8) is 0 Å². The summed E-state index contributed by atoms with van der Waals surface area (Å²) in [5, 5.41) is 3.15. The van der Waals surface area contributed by atoms with Gasteiger partial charge in [0.1, 0.15) is 0 Å². The average molecular weight is 232 g/mol. The molecule has 0 rings (SSSR count). The highest BCUT2D eigenvalue weighted by atomic mass is 32.2. The van der Waals surface area contributed by atoms with E-state index in [-0.39, 0.29) is 12.3 Å². The minimum atomic E-state index is -3.15. The van der Waals surface area contributed by atoms with E-state index in [0.29, 0.717) is 6.42 Å². The minimum absolute atomic E-state index is 0.148. The van der Waals surface area contributed by atoms with E-state index in [1.54, 1.807) is 0 Å². The molecule has 0 aromatic carbocycles. The summed E-state index contributed by atoms with van der Waals surface area (Å²) in [4.78, 5) is 0. The molecule has 15 heavy (non-hydrogen) atoms. The van der Waals surface area contributed by atoms with E-state index in [1.165, 1.54) is 11.4 Å². The van der Waals surface area contributed by atoms with Crippen molar-refractivity contribution in [2.75, 3.05) is 32.4 Å². The Labute approximate surface area is 93.1 Å². The fraction of sp³-hybridized carbons (Fsp3) is 0.800. The zero-order chi connectivity index (χ0) is 11.7. The molecule has 1 N–H and O–H groups in total. The summed E-state index contributed by atoms with van der Waals surface area (Å²) in [7, 11) is -1.63. The maximum Gasteiger partial charge on any atom is 0.214 e. The third-order valence-electron chi connectivity index (χ3n) is 2.04. The van der Waals surface area contributed by atoms with Gasteiger partial charge in [-0.2, -0.15) is 4.31 Å². The van der Waals surface area contributed by atoms with Crippen molar-refractivity contribution in [1.82, 2.24) is 9.62 Å². The Morgan fingerprint density at radius 2 is 2.07 bits per heavy atom. The SMILES string of the molecule is C#CCN(C)S(=O)(=O)CCCCNCC. The highest BCUT2D eigenvalue weighted by molar-refractivity contribution is 7.89. The number of terminal acetylenes is 1. The molecule has 0 unspecified atom stereocenters. The van der Waals surface area contributed by atoms with Gasteiger partial charge in [0.2, 0.25) is 10.0 Å². The zero-order valence-corrected chi connectivity index (χ0v) is 10.3. The number of nitrogens with zero attached hydrogens (tertiary/aromatic N) is 1. The smallest absolute Gasteiger partial charge is 0.214 e. The zero-order valence-electron chi connectivity index (χ0n) is 9.49. The normalized spacial score (nSPS) is 11.6. The van der Waals surface area contributed by atoms with Crippen molar-refractivity contribution in [1.29, 1.82) is 0 Å². The molecule has 0 saturated carbocycles. The molecule has 0 saturated heterocycles. The quantitative estimate of drug-likeness (QED) is 0.483. The number of unbranched alkanes of at least 4 members (excludes halogenated alkanes) is 1. The highest BCUT2D eigenvalue weighted by Crippen LogP contribution is 2.01. The van der Waals surface area contributed by atoms with Gasteiger partial charge >= 0.3 is 0 Å². The Bertz CT molecular complexity index is 293. The number of hydrogen-bond donors (Lipinski definition) is 1. The van der Waals surface area contributed by atoms with Crippen LogP contribution in [-0.4, -0.2) is 45.2 Å². The first kappa shape index (κ1) is 14.4. The summed E-state index contributed by atoms with van der Waals surface area (Å²) in [6.07, 6.45) is 6.60. The van der Waals surface area contributed by atoms with Gasteiger partial charge < -0.3 is 5.32 Å². The van der Waals surface area contributed by atoms with Gasteiger partial charge in [-0.25, -0.2) is 8.42 Å². The lowest BCUT2D eigenvalue weighted by atomic mass is 10.3. The maximum absolute atomic E-state index is 11.6. The Morgan fingerprint density at radius 1 is 1.40 bits per heavy atom. The number of sulfonamides is 1. The lowest BCUT2D eigenvalue weighted by molar-refractivity contribution is 0.499. The van der Waals surface area contributed by atoms with Crippen LogP contribution in [0.15, 0.2) is 0 Å². The van der Waals surface area contributed by atoms with Crippen LogP contribution in [0, 0.1) is 12.3 Å². The summed E-state index contributed by atoms with van der Waals surface area (Å²) in [6.45, 7) is 3.96. The number of nitrogens with one attached hydrogen (secondary N) is 1. The molecule has 0 heterocycles. The number of rotatable bonds is 8. The summed E-state index contributed by atoms with van der Waals surface area (Å²) in [5.74, 6) is 2.50. The van der Waals surface area contributed by atoms with Crippen LogP contribution < -0.4 is 5.32 Å². The molecule has 0 aromatic heterocycles. The van der Waals surface area contributed by atoms with Crippen LogP contribution in [0.25, 0.3) is 0 Å². The predicted molar refractivity (Wildman–Crippen MR) is 63.0 cm³/mol. The second-order valence-electron chi connectivity index (χ2n) is 3.34. The summed E-state index contributed by atoms with van der Waals surface area (Å²) >= 11 is 0. The first-order chi connectivity index (χ1) is 7.04. The largest absolute Gasteiger partial charge is 0.317 e. The lowest BCUT2D eigenvalue weighted by Crippen LogP contribution is -2.29. The second kappa shape index (κ2) is 7.69. The molecule has 0 spiro atoms. The standard InChI is InChI=1S/C10H20N2O2S/c1-4-9-12(3)15(13,14)10-7-6-8-11-5-2/h1,11H,5-10H2,2-3H3. The van der Waals surface area contributed by atoms with Crippen LogP contribution in [0.1, 0.15) is 19.8 Å². The van der Waals surface area contributed by atoms with Crippen LogP contribution in [0.4, 0.5) is 0 Å². The third kappa shape index (κ3) is 6.50. The minimum Gasteiger partial charge on any atom is -0.317 e. The Balaban J connectivity index is 3.80. The van der Waals surface area contributed by atoms with Crippen LogP contribution >= 0.6 is 0 Å². The van der Waals surface area contributed by atoms with Crippen molar-refractivity contribution in [2.24, 2.45) is 0 Å². The van der Waals surface area contributed by atoms with Crippen LogP contribution in [0.5, 0.6) is 0 Å². The number of hydrogen-bond acceptors (Lipinski definition) is 3. The summed E-state index contributed by atoms with van der Waals surface area (Å²) in [6, 6.07) is 0.